The summed E-state index contributed by atoms with van der Waals surface area (Å²) in [5.74, 6) is 0.565. The fourth-order valence-electron chi connectivity index (χ4n) is 4.23. The van der Waals surface area contributed by atoms with E-state index in [2.05, 4.69) is 43.3 Å². The molecule has 0 aromatic heterocycles. The van der Waals surface area contributed by atoms with Crippen LogP contribution in [0.25, 0.3) is 0 Å². The van der Waals surface area contributed by atoms with E-state index in [1.807, 2.05) is 6.07 Å². The number of nitrogens with zero attached hydrogens (tertiary/aromatic N) is 1. The van der Waals surface area contributed by atoms with Gasteiger partial charge in [-0.25, -0.2) is 4.39 Å². The van der Waals surface area contributed by atoms with Crippen molar-refractivity contribution >= 4 is 0 Å². The van der Waals surface area contributed by atoms with Gasteiger partial charge in [0, 0.05) is 18.4 Å². The van der Waals surface area contributed by atoms with Crippen LogP contribution in [0.3, 0.4) is 0 Å². The van der Waals surface area contributed by atoms with Gasteiger partial charge in [0.1, 0.15) is 5.82 Å². The second kappa shape index (κ2) is 5.73. The molecule has 0 N–H and O–H groups in total. The number of fused-ring (bicyclic) bond motifs is 5. The molecular formula is C20H22FNO. The molecule has 3 heteroatoms. The first-order valence-electron chi connectivity index (χ1n) is 8.26. The maximum atomic E-state index is 13.9. The zero-order valence-electron chi connectivity index (χ0n) is 13.6. The van der Waals surface area contributed by atoms with Gasteiger partial charge in [-0.05, 0) is 54.9 Å². The lowest BCUT2D eigenvalue weighted by molar-refractivity contribution is 0.0999. The molecule has 0 saturated carbocycles. The lowest BCUT2D eigenvalue weighted by atomic mass is 9.81. The largest absolute Gasteiger partial charge is 0.372 e. The molecule has 2 aromatic carbocycles. The van der Waals surface area contributed by atoms with E-state index in [1.54, 1.807) is 12.1 Å². The SMILES string of the molecule is CN(C)CC1CO[C@H]2c3cc(F)ccc3Cc3ccccc3[C@@H]12. The molecule has 1 fully saturated rings. The Bertz CT molecular complexity index is 727. The molecule has 120 valence electrons. The molecule has 1 unspecified atom stereocenters. The molecule has 2 aliphatic rings. The van der Waals surface area contributed by atoms with Gasteiger partial charge >= 0.3 is 0 Å². The highest BCUT2D eigenvalue weighted by Gasteiger charge is 2.42. The van der Waals surface area contributed by atoms with Crippen LogP contribution in [-0.2, 0) is 11.2 Å². The monoisotopic (exact) mass is 311 g/mol. The van der Waals surface area contributed by atoms with Crippen LogP contribution in [-0.4, -0.2) is 32.1 Å². The Kier molecular flexibility index (Phi) is 3.70. The summed E-state index contributed by atoms with van der Waals surface area (Å²) in [6.07, 6.45) is 0.825. The van der Waals surface area contributed by atoms with Gasteiger partial charge in [0.25, 0.3) is 0 Å². The van der Waals surface area contributed by atoms with Crippen LogP contribution in [0.5, 0.6) is 0 Å². The fourth-order valence-corrected chi connectivity index (χ4v) is 4.23. The van der Waals surface area contributed by atoms with E-state index in [0.717, 1.165) is 25.1 Å². The quantitative estimate of drug-likeness (QED) is 0.837. The first-order valence-corrected chi connectivity index (χ1v) is 8.26. The summed E-state index contributed by atoms with van der Waals surface area (Å²) in [6.45, 7) is 1.72. The van der Waals surface area contributed by atoms with Gasteiger partial charge in [-0.3, -0.25) is 0 Å². The lowest BCUT2D eigenvalue weighted by Gasteiger charge is -2.25. The van der Waals surface area contributed by atoms with Crippen molar-refractivity contribution in [2.75, 3.05) is 27.2 Å². The van der Waals surface area contributed by atoms with Crippen molar-refractivity contribution in [1.29, 1.82) is 0 Å². The summed E-state index contributed by atoms with van der Waals surface area (Å²) in [5.41, 5.74) is 4.95. The minimum Gasteiger partial charge on any atom is -0.372 e. The lowest BCUT2D eigenvalue weighted by Crippen LogP contribution is -2.26. The summed E-state index contributed by atoms with van der Waals surface area (Å²) >= 11 is 0. The van der Waals surface area contributed by atoms with Crippen LogP contribution in [0.1, 0.15) is 34.3 Å². The van der Waals surface area contributed by atoms with E-state index < -0.39 is 0 Å². The average Bonchev–Trinajstić information content (AvgIpc) is 2.86. The van der Waals surface area contributed by atoms with Crippen molar-refractivity contribution in [3.05, 3.63) is 70.5 Å². The fraction of sp³-hybridized carbons (Fsp3) is 0.400. The van der Waals surface area contributed by atoms with E-state index in [-0.39, 0.29) is 11.9 Å². The highest BCUT2D eigenvalue weighted by molar-refractivity contribution is 5.45. The molecule has 1 aliphatic carbocycles. The molecule has 1 saturated heterocycles. The molecule has 0 spiro atoms. The van der Waals surface area contributed by atoms with E-state index in [4.69, 9.17) is 4.74 Å². The van der Waals surface area contributed by atoms with E-state index in [1.165, 1.54) is 16.7 Å². The highest BCUT2D eigenvalue weighted by Crippen LogP contribution is 2.49. The molecule has 2 nitrogen and oxygen atoms in total. The standard InChI is InChI=1S/C20H22FNO/c1-22(2)11-15-12-23-20-18-10-16(21)8-7-14(18)9-13-5-3-4-6-17(13)19(15)20/h3-8,10,15,19-20H,9,11-12H2,1-2H3/t15?,19-,20+/m1/s1. The summed E-state index contributed by atoms with van der Waals surface area (Å²) in [6, 6.07) is 13.8. The second-order valence-electron chi connectivity index (χ2n) is 7.02. The molecule has 0 bridgehead atoms. The molecule has 1 heterocycles. The van der Waals surface area contributed by atoms with Crippen LogP contribution < -0.4 is 0 Å². The minimum absolute atomic E-state index is 0.0331. The van der Waals surface area contributed by atoms with Gasteiger partial charge in [0.15, 0.2) is 0 Å². The summed E-state index contributed by atoms with van der Waals surface area (Å²) in [5, 5.41) is 0. The molecule has 23 heavy (non-hydrogen) atoms. The highest BCUT2D eigenvalue weighted by atomic mass is 19.1. The van der Waals surface area contributed by atoms with E-state index in [9.17, 15) is 4.39 Å². The molecule has 3 atom stereocenters. The van der Waals surface area contributed by atoms with Gasteiger partial charge in [-0.1, -0.05) is 30.3 Å². The third kappa shape index (κ3) is 2.58. The summed E-state index contributed by atoms with van der Waals surface area (Å²) < 4.78 is 20.1. The first-order chi connectivity index (χ1) is 11.1. The third-order valence-corrected chi connectivity index (χ3v) is 5.13. The number of hydrogen-bond acceptors (Lipinski definition) is 2. The summed E-state index contributed by atoms with van der Waals surface area (Å²) in [4.78, 5) is 2.22. The van der Waals surface area contributed by atoms with Gasteiger partial charge < -0.3 is 9.64 Å². The smallest absolute Gasteiger partial charge is 0.123 e. The van der Waals surface area contributed by atoms with Crippen molar-refractivity contribution < 1.29 is 9.13 Å². The molecule has 0 radical (unpaired) electrons. The van der Waals surface area contributed by atoms with Crippen molar-refractivity contribution in [3.8, 4) is 0 Å². The van der Waals surface area contributed by atoms with Gasteiger partial charge in [0.05, 0.1) is 12.7 Å². The predicted molar refractivity (Wildman–Crippen MR) is 89.1 cm³/mol. The van der Waals surface area contributed by atoms with Gasteiger partial charge in [-0.2, -0.15) is 0 Å². The van der Waals surface area contributed by atoms with E-state index in [0.29, 0.717) is 11.8 Å². The molecule has 4 rings (SSSR count). The number of benzene rings is 2. The van der Waals surface area contributed by atoms with Crippen molar-refractivity contribution in [3.63, 3.8) is 0 Å². The zero-order valence-corrected chi connectivity index (χ0v) is 13.6. The summed E-state index contributed by atoms with van der Waals surface area (Å²) in [7, 11) is 4.20. The van der Waals surface area contributed by atoms with Crippen molar-refractivity contribution in [2.24, 2.45) is 5.92 Å². The Morgan fingerprint density at radius 2 is 1.87 bits per heavy atom. The molecule has 0 amide bonds. The molecule has 1 aliphatic heterocycles. The second-order valence-corrected chi connectivity index (χ2v) is 7.02. The van der Waals surface area contributed by atoms with Crippen LogP contribution in [0, 0.1) is 11.7 Å². The number of halogens is 1. The Morgan fingerprint density at radius 1 is 1.09 bits per heavy atom. The maximum Gasteiger partial charge on any atom is 0.123 e. The van der Waals surface area contributed by atoms with Crippen LogP contribution >= 0.6 is 0 Å². The van der Waals surface area contributed by atoms with Gasteiger partial charge in [0.2, 0.25) is 0 Å². The number of ether oxygens (including phenoxy) is 1. The van der Waals surface area contributed by atoms with Crippen molar-refractivity contribution in [1.82, 2.24) is 4.90 Å². The zero-order chi connectivity index (χ0) is 16.0. The predicted octanol–water partition coefficient (Wildman–Crippen LogP) is 3.76. The van der Waals surface area contributed by atoms with E-state index >= 15 is 0 Å². The van der Waals surface area contributed by atoms with Crippen LogP contribution in [0.2, 0.25) is 0 Å². The molecular weight excluding hydrogens is 289 g/mol. The van der Waals surface area contributed by atoms with Crippen molar-refractivity contribution in [2.45, 2.75) is 18.4 Å². The number of rotatable bonds is 2. The third-order valence-electron chi connectivity index (χ3n) is 5.13. The first kappa shape index (κ1) is 14.9. The Balaban J connectivity index is 1.86. The van der Waals surface area contributed by atoms with Crippen LogP contribution in [0.15, 0.2) is 42.5 Å². The topological polar surface area (TPSA) is 12.5 Å². The number of hydrogen-bond donors (Lipinski definition) is 0. The Morgan fingerprint density at radius 3 is 2.70 bits per heavy atom. The normalized spacial score (nSPS) is 25.7. The Hall–Kier alpha value is -1.71. The average molecular weight is 311 g/mol. The Labute approximate surface area is 136 Å². The van der Waals surface area contributed by atoms with Crippen LogP contribution in [0.4, 0.5) is 4.39 Å². The molecule has 2 aromatic rings. The van der Waals surface area contributed by atoms with Gasteiger partial charge in [-0.15, -0.1) is 0 Å². The minimum atomic E-state index is -0.173. The maximum absolute atomic E-state index is 13.9.